The molecule has 4 rings (SSSR count). The first kappa shape index (κ1) is 17.2. The number of ether oxygens (including phenoxy) is 1. The smallest absolute Gasteiger partial charge is 0.287 e. The van der Waals surface area contributed by atoms with Crippen LogP contribution in [0.4, 0.5) is 11.8 Å². The summed E-state index contributed by atoms with van der Waals surface area (Å²) >= 11 is 0. The number of anilines is 2. The van der Waals surface area contributed by atoms with Gasteiger partial charge in [0.2, 0.25) is 5.95 Å². The molecule has 1 aliphatic heterocycles. The Balaban J connectivity index is 1.66. The maximum atomic E-state index is 12.3. The minimum Gasteiger partial charge on any atom is -0.382 e. The first-order valence-corrected chi connectivity index (χ1v) is 8.51. The molecule has 0 saturated carbocycles. The number of imidazole rings is 1. The zero-order chi connectivity index (χ0) is 19.0. The van der Waals surface area contributed by atoms with E-state index in [1.165, 1.54) is 0 Å². The molecule has 10 nitrogen and oxygen atoms in total. The third-order valence-electron chi connectivity index (χ3n) is 4.37. The standard InChI is InChI=1S/C17H20N8O2/c1-10-6-18-17(22-13-4-5-19-24(13)2)23-14(10)12-8-25-7-11(9-27-3)20-16(26)15(25)21-12/h4-6,8,11H,7,9H2,1-3H3,(H,20,26)(H,18,22,23)/t11-/m1/s1. The second-order valence-electron chi connectivity index (χ2n) is 6.42. The van der Waals surface area contributed by atoms with Crippen molar-refractivity contribution in [2.75, 3.05) is 19.0 Å². The second kappa shape index (κ2) is 6.80. The van der Waals surface area contributed by atoms with E-state index in [4.69, 9.17) is 4.74 Å². The molecule has 10 heteroatoms. The molecule has 0 unspecified atom stereocenters. The molecule has 140 valence electrons. The Labute approximate surface area is 155 Å². The lowest BCUT2D eigenvalue weighted by Crippen LogP contribution is -2.46. The maximum Gasteiger partial charge on any atom is 0.287 e. The van der Waals surface area contributed by atoms with E-state index in [0.29, 0.717) is 36.3 Å². The average Bonchev–Trinajstić information content (AvgIpc) is 3.24. The minimum atomic E-state index is -0.213. The Morgan fingerprint density at radius 3 is 3.00 bits per heavy atom. The third kappa shape index (κ3) is 3.26. The Morgan fingerprint density at radius 2 is 2.26 bits per heavy atom. The number of amides is 1. The molecule has 0 spiro atoms. The van der Waals surface area contributed by atoms with Crippen molar-refractivity contribution in [3.8, 4) is 11.4 Å². The molecule has 0 aromatic carbocycles. The number of nitrogens with one attached hydrogen (secondary N) is 2. The summed E-state index contributed by atoms with van der Waals surface area (Å²) in [4.78, 5) is 25.7. The molecular formula is C17H20N8O2. The number of methoxy groups -OCH3 is 1. The number of aromatic nitrogens is 6. The minimum absolute atomic E-state index is 0.0781. The highest BCUT2D eigenvalue weighted by molar-refractivity contribution is 5.92. The zero-order valence-corrected chi connectivity index (χ0v) is 15.3. The summed E-state index contributed by atoms with van der Waals surface area (Å²) in [6.07, 6.45) is 5.27. The summed E-state index contributed by atoms with van der Waals surface area (Å²) in [5.41, 5.74) is 2.17. The lowest BCUT2D eigenvalue weighted by Gasteiger charge is -2.23. The predicted molar refractivity (Wildman–Crippen MR) is 97.6 cm³/mol. The summed E-state index contributed by atoms with van der Waals surface area (Å²) in [6.45, 7) is 2.96. The molecule has 3 aromatic heterocycles. The van der Waals surface area contributed by atoms with Crippen molar-refractivity contribution < 1.29 is 9.53 Å². The normalized spacial score (nSPS) is 16.1. The first-order valence-electron chi connectivity index (χ1n) is 8.51. The summed E-state index contributed by atoms with van der Waals surface area (Å²) in [7, 11) is 3.44. The van der Waals surface area contributed by atoms with Crippen LogP contribution >= 0.6 is 0 Å². The van der Waals surface area contributed by atoms with Crippen LogP contribution in [0, 0.1) is 6.92 Å². The van der Waals surface area contributed by atoms with Gasteiger partial charge < -0.3 is 19.9 Å². The molecule has 1 amide bonds. The molecule has 4 heterocycles. The number of carbonyl (C=O) groups is 1. The molecular weight excluding hydrogens is 348 g/mol. The van der Waals surface area contributed by atoms with E-state index in [1.54, 1.807) is 24.2 Å². The number of hydrogen-bond acceptors (Lipinski definition) is 7. The van der Waals surface area contributed by atoms with E-state index in [9.17, 15) is 4.79 Å². The second-order valence-corrected chi connectivity index (χ2v) is 6.42. The van der Waals surface area contributed by atoms with E-state index in [1.807, 2.05) is 30.8 Å². The van der Waals surface area contributed by atoms with E-state index in [0.717, 1.165) is 11.4 Å². The van der Waals surface area contributed by atoms with Crippen LogP contribution in [0.2, 0.25) is 0 Å². The van der Waals surface area contributed by atoms with Gasteiger partial charge in [0.25, 0.3) is 5.91 Å². The Morgan fingerprint density at radius 1 is 1.41 bits per heavy atom. The molecule has 0 bridgehead atoms. The summed E-state index contributed by atoms with van der Waals surface area (Å²) in [5.74, 6) is 1.37. The fourth-order valence-corrected chi connectivity index (χ4v) is 3.05. The van der Waals surface area contributed by atoms with Gasteiger partial charge in [-0.3, -0.25) is 9.48 Å². The van der Waals surface area contributed by atoms with Crippen molar-refractivity contribution in [1.82, 2.24) is 34.6 Å². The molecule has 0 aliphatic carbocycles. The van der Waals surface area contributed by atoms with Crippen molar-refractivity contribution in [3.63, 3.8) is 0 Å². The lowest BCUT2D eigenvalue weighted by atomic mass is 10.2. The third-order valence-corrected chi connectivity index (χ3v) is 4.37. The van der Waals surface area contributed by atoms with Crippen LogP contribution < -0.4 is 10.6 Å². The summed E-state index contributed by atoms with van der Waals surface area (Å²) in [6, 6.07) is 1.75. The van der Waals surface area contributed by atoms with Crippen molar-refractivity contribution in [1.29, 1.82) is 0 Å². The van der Waals surface area contributed by atoms with Gasteiger partial charge in [0.05, 0.1) is 24.5 Å². The monoisotopic (exact) mass is 368 g/mol. The first-order chi connectivity index (χ1) is 13.0. The Bertz CT molecular complexity index is 993. The van der Waals surface area contributed by atoms with E-state index in [-0.39, 0.29) is 11.9 Å². The lowest BCUT2D eigenvalue weighted by molar-refractivity contribution is 0.0833. The number of carbonyl (C=O) groups excluding carboxylic acids is 1. The van der Waals surface area contributed by atoms with Crippen molar-refractivity contribution in [2.45, 2.75) is 19.5 Å². The van der Waals surface area contributed by atoms with Crippen molar-refractivity contribution in [2.24, 2.45) is 7.05 Å². The van der Waals surface area contributed by atoms with Crippen LogP contribution in [0.3, 0.4) is 0 Å². The Kier molecular flexibility index (Phi) is 4.32. The van der Waals surface area contributed by atoms with Gasteiger partial charge in [-0.15, -0.1) is 0 Å². The maximum absolute atomic E-state index is 12.3. The van der Waals surface area contributed by atoms with E-state index < -0.39 is 0 Å². The predicted octanol–water partition coefficient (Wildman–Crippen LogP) is 0.884. The number of fused-ring (bicyclic) bond motifs is 1. The largest absolute Gasteiger partial charge is 0.382 e. The SMILES string of the molecule is COC[C@H]1Cn2cc(-c3nc(Nc4ccnn4C)ncc3C)nc2C(=O)N1. The van der Waals surface area contributed by atoms with Gasteiger partial charge >= 0.3 is 0 Å². The molecule has 1 atom stereocenters. The van der Waals surface area contributed by atoms with Gasteiger partial charge in [0.15, 0.2) is 5.82 Å². The van der Waals surface area contributed by atoms with Gasteiger partial charge in [-0.25, -0.2) is 15.0 Å². The van der Waals surface area contributed by atoms with Crippen molar-refractivity contribution in [3.05, 3.63) is 36.0 Å². The van der Waals surface area contributed by atoms with Gasteiger partial charge in [-0.1, -0.05) is 0 Å². The number of nitrogens with zero attached hydrogens (tertiary/aromatic N) is 6. The van der Waals surface area contributed by atoms with Gasteiger partial charge in [0, 0.05) is 39.2 Å². The van der Waals surface area contributed by atoms with E-state index >= 15 is 0 Å². The molecule has 0 fully saturated rings. The van der Waals surface area contributed by atoms with Crippen LogP contribution in [-0.2, 0) is 18.3 Å². The van der Waals surface area contributed by atoms with Gasteiger partial charge in [-0.2, -0.15) is 5.10 Å². The number of rotatable bonds is 5. The van der Waals surface area contributed by atoms with Crippen LogP contribution in [0.15, 0.2) is 24.7 Å². The summed E-state index contributed by atoms with van der Waals surface area (Å²) in [5, 5.41) is 10.1. The van der Waals surface area contributed by atoms with Gasteiger partial charge in [-0.05, 0) is 12.5 Å². The van der Waals surface area contributed by atoms with Crippen LogP contribution in [-0.4, -0.2) is 55.0 Å². The fourth-order valence-electron chi connectivity index (χ4n) is 3.05. The van der Waals surface area contributed by atoms with Gasteiger partial charge in [0.1, 0.15) is 11.5 Å². The number of aryl methyl sites for hydroxylation is 2. The number of hydrogen-bond donors (Lipinski definition) is 2. The molecule has 27 heavy (non-hydrogen) atoms. The highest BCUT2D eigenvalue weighted by Crippen LogP contribution is 2.24. The summed E-state index contributed by atoms with van der Waals surface area (Å²) < 4.78 is 8.68. The van der Waals surface area contributed by atoms with Crippen molar-refractivity contribution >= 4 is 17.7 Å². The molecule has 2 N–H and O–H groups in total. The topological polar surface area (TPSA) is 112 Å². The molecule has 1 aliphatic rings. The highest BCUT2D eigenvalue weighted by Gasteiger charge is 2.27. The molecule has 0 radical (unpaired) electrons. The average molecular weight is 368 g/mol. The molecule has 3 aromatic rings. The van der Waals surface area contributed by atoms with E-state index in [2.05, 4.69) is 30.7 Å². The van der Waals surface area contributed by atoms with Crippen LogP contribution in [0.25, 0.3) is 11.4 Å². The highest BCUT2D eigenvalue weighted by atomic mass is 16.5. The van der Waals surface area contributed by atoms with Crippen LogP contribution in [0.1, 0.15) is 16.2 Å². The quantitative estimate of drug-likeness (QED) is 0.688. The fraction of sp³-hybridized carbons (Fsp3) is 0.353. The zero-order valence-electron chi connectivity index (χ0n) is 15.3. The Hall–Kier alpha value is -3.27. The molecule has 0 saturated heterocycles. The van der Waals surface area contributed by atoms with Crippen LogP contribution in [0.5, 0.6) is 0 Å².